The molecule has 1 N–H and O–H groups in total. The topological polar surface area (TPSA) is 62.1 Å². The quantitative estimate of drug-likeness (QED) is 0.802. The summed E-state index contributed by atoms with van der Waals surface area (Å²) in [5, 5.41) is 11.8. The molecule has 0 aliphatic heterocycles. The van der Waals surface area contributed by atoms with Crippen molar-refractivity contribution < 1.29 is 27.1 Å². The average molecular weight is 378 g/mol. The zero-order valence-corrected chi connectivity index (χ0v) is 13.9. The Labute approximate surface area is 152 Å². The maximum absolute atomic E-state index is 13.9. The van der Waals surface area contributed by atoms with E-state index in [4.69, 9.17) is 0 Å². The van der Waals surface area contributed by atoms with E-state index in [1.165, 1.54) is 0 Å². The number of amides is 1. The molecule has 4 nitrogen and oxygen atoms in total. The normalized spacial score (nSPS) is 14.9. The fourth-order valence-corrected chi connectivity index (χ4v) is 2.97. The molecule has 2 aromatic rings. The Morgan fingerprint density at radius 1 is 1.22 bits per heavy atom. The van der Waals surface area contributed by atoms with Crippen molar-refractivity contribution >= 4 is 5.91 Å². The lowest BCUT2D eigenvalue weighted by Gasteiger charge is -2.17. The Morgan fingerprint density at radius 2 is 1.93 bits per heavy atom. The molecule has 3 rings (SSSR count). The third-order valence-electron chi connectivity index (χ3n) is 4.44. The molecule has 8 heteroatoms. The van der Waals surface area contributed by atoms with Gasteiger partial charge in [-0.25, -0.2) is 4.39 Å². The summed E-state index contributed by atoms with van der Waals surface area (Å²) in [5.74, 6) is -1.72. The Hall–Kier alpha value is -3.08. The molecule has 0 heterocycles. The summed E-state index contributed by atoms with van der Waals surface area (Å²) >= 11 is 0. The molecule has 1 saturated carbocycles. The van der Waals surface area contributed by atoms with Crippen LogP contribution in [-0.2, 0) is 16.8 Å². The molecule has 0 spiro atoms. The van der Waals surface area contributed by atoms with Crippen molar-refractivity contribution in [2.45, 2.75) is 31.2 Å². The van der Waals surface area contributed by atoms with Crippen LogP contribution in [0.2, 0.25) is 0 Å². The van der Waals surface area contributed by atoms with Crippen molar-refractivity contribution in [1.82, 2.24) is 5.32 Å². The number of benzene rings is 2. The number of halogens is 4. The van der Waals surface area contributed by atoms with E-state index in [0.717, 1.165) is 18.2 Å². The van der Waals surface area contributed by atoms with Crippen LogP contribution in [-0.4, -0.2) is 12.3 Å². The highest BCUT2D eigenvalue weighted by atomic mass is 19.4. The summed E-state index contributed by atoms with van der Waals surface area (Å²) < 4.78 is 54.5. The molecule has 0 aromatic heterocycles. The molecule has 0 bridgehead atoms. The standard InChI is InChI=1S/C19H14F4N2O2/c20-16-6-5-14(27-19(21,22)23)9-13(16)11-25-17(26)18(7-8-18)15-4-2-1-3-12(15)10-24/h1-6,9H,7-8,11H2,(H,25,26). The van der Waals surface area contributed by atoms with Gasteiger partial charge in [-0.1, -0.05) is 18.2 Å². The van der Waals surface area contributed by atoms with Crippen molar-refractivity contribution in [3.63, 3.8) is 0 Å². The Balaban J connectivity index is 1.75. The summed E-state index contributed by atoms with van der Waals surface area (Å²) in [7, 11) is 0. The Morgan fingerprint density at radius 3 is 2.56 bits per heavy atom. The van der Waals surface area contributed by atoms with Crippen LogP contribution in [0.1, 0.15) is 29.5 Å². The van der Waals surface area contributed by atoms with Gasteiger partial charge in [-0.05, 0) is 42.7 Å². The third kappa shape index (κ3) is 4.03. The fourth-order valence-electron chi connectivity index (χ4n) is 2.97. The monoisotopic (exact) mass is 378 g/mol. The van der Waals surface area contributed by atoms with Crippen LogP contribution >= 0.6 is 0 Å². The minimum absolute atomic E-state index is 0.130. The van der Waals surface area contributed by atoms with Gasteiger partial charge in [0, 0.05) is 12.1 Å². The Bertz CT molecular complexity index is 915. The fraction of sp³-hybridized carbons (Fsp3) is 0.263. The van der Waals surface area contributed by atoms with E-state index in [2.05, 4.69) is 10.1 Å². The third-order valence-corrected chi connectivity index (χ3v) is 4.44. The first kappa shape index (κ1) is 18.7. The van der Waals surface area contributed by atoms with Crippen molar-refractivity contribution in [2.75, 3.05) is 0 Å². The molecular formula is C19H14F4N2O2. The van der Waals surface area contributed by atoms with Crippen LogP contribution in [0.15, 0.2) is 42.5 Å². The number of nitrogens with one attached hydrogen (secondary N) is 1. The predicted molar refractivity (Wildman–Crippen MR) is 87.0 cm³/mol. The van der Waals surface area contributed by atoms with Gasteiger partial charge in [0.1, 0.15) is 11.6 Å². The van der Waals surface area contributed by atoms with E-state index in [9.17, 15) is 27.6 Å². The number of hydrogen-bond acceptors (Lipinski definition) is 3. The van der Waals surface area contributed by atoms with Crippen LogP contribution in [0.25, 0.3) is 0 Å². The highest BCUT2D eigenvalue weighted by molar-refractivity contribution is 5.92. The van der Waals surface area contributed by atoms with Gasteiger partial charge in [-0.3, -0.25) is 4.79 Å². The molecule has 1 amide bonds. The zero-order chi connectivity index (χ0) is 19.7. The molecular weight excluding hydrogens is 364 g/mol. The largest absolute Gasteiger partial charge is 0.573 e. The summed E-state index contributed by atoms with van der Waals surface area (Å²) in [5.41, 5.74) is -0.00548. The minimum atomic E-state index is -4.89. The second kappa shape index (κ2) is 6.91. The van der Waals surface area contributed by atoms with E-state index >= 15 is 0 Å². The van der Waals surface area contributed by atoms with E-state index in [0.29, 0.717) is 24.0 Å². The first-order valence-corrected chi connectivity index (χ1v) is 8.07. The average Bonchev–Trinajstić information content (AvgIpc) is 3.42. The number of alkyl halides is 3. The smallest absolute Gasteiger partial charge is 0.406 e. The number of nitrogens with zero attached hydrogens (tertiary/aromatic N) is 1. The molecule has 1 aliphatic rings. The summed E-state index contributed by atoms with van der Waals surface area (Å²) in [4.78, 5) is 12.6. The summed E-state index contributed by atoms with van der Waals surface area (Å²) in [6.45, 7) is -0.295. The molecule has 2 aromatic carbocycles. The molecule has 1 fully saturated rings. The van der Waals surface area contributed by atoms with Crippen molar-refractivity contribution in [1.29, 1.82) is 5.26 Å². The summed E-state index contributed by atoms with van der Waals surface area (Å²) in [6.07, 6.45) is -3.81. The lowest BCUT2D eigenvalue weighted by molar-refractivity contribution is -0.274. The van der Waals surface area contributed by atoms with Crippen LogP contribution < -0.4 is 10.1 Å². The lowest BCUT2D eigenvalue weighted by Crippen LogP contribution is -2.35. The zero-order valence-electron chi connectivity index (χ0n) is 13.9. The maximum Gasteiger partial charge on any atom is 0.573 e. The first-order valence-electron chi connectivity index (χ1n) is 8.07. The molecule has 27 heavy (non-hydrogen) atoms. The van der Waals surface area contributed by atoms with Gasteiger partial charge in [0.05, 0.1) is 17.0 Å². The van der Waals surface area contributed by atoms with Crippen molar-refractivity contribution in [2.24, 2.45) is 0 Å². The molecule has 0 unspecified atom stereocenters. The predicted octanol–water partition coefficient (Wildman–Crippen LogP) is 3.94. The second-order valence-electron chi connectivity index (χ2n) is 6.22. The van der Waals surface area contributed by atoms with Gasteiger partial charge < -0.3 is 10.1 Å². The molecule has 1 aliphatic carbocycles. The van der Waals surface area contributed by atoms with Gasteiger partial charge in [0.2, 0.25) is 5.91 Å². The highest BCUT2D eigenvalue weighted by Gasteiger charge is 2.52. The van der Waals surface area contributed by atoms with Gasteiger partial charge >= 0.3 is 6.36 Å². The molecule has 0 radical (unpaired) electrons. The van der Waals surface area contributed by atoms with E-state index in [1.54, 1.807) is 24.3 Å². The molecule has 0 atom stereocenters. The minimum Gasteiger partial charge on any atom is -0.406 e. The number of hydrogen-bond donors (Lipinski definition) is 1. The number of nitriles is 1. The van der Waals surface area contributed by atoms with Gasteiger partial charge in [0.25, 0.3) is 0 Å². The lowest BCUT2D eigenvalue weighted by atomic mass is 9.91. The highest BCUT2D eigenvalue weighted by Crippen LogP contribution is 2.49. The second-order valence-corrected chi connectivity index (χ2v) is 6.22. The summed E-state index contributed by atoms with van der Waals surface area (Å²) in [6, 6.07) is 11.4. The van der Waals surface area contributed by atoms with Crippen molar-refractivity contribution in [3.8, 4) is 11.8 Å². The van der Waals surface area contributed by atoms with Gasteiger partial charge in [0.15, 0.2) is 0 Å². The van der Waals surface area contributed by atoms with E-state index < -0.39 is 29.3 Å². The van der Waals surface area contributed by atoms with Crippen LogP contribution in [0.3, 0.4) is 0 Å². The van der Waals surface area contributed by atoms with Crippen LogP contribution in [0.4, 0.5) is 17.6 Å². The van der Waals surface area contributed by atoms with E-state index in [1.807, 2.05) is 6.07 Å². The Kier molecular flexibility index (Phi) is 4.79. The maximum atomic E-state index is 13.9. The van der Waals surface area contributed by atoms with Gasteiger partial charge in [-0.15, -0.1) is 13.2 Å². The molecule has 0 saturated heterocycles. The number of ether oxygens (including phenoxy) is 1. The van der Waals surface area contributed by atoms with Crippen LogP contribution in [0.5, 0.6) is 5.75 Å². The van der Waals surface area contributed by atoms with Gasteiger partial charge in [-0.2, -0.15) is 5.26 Å². The first-order chi connectivity index (χ1) is 12.7. The SMILES string of the molecule is N#Cc1ccccc1C1(C(=O)NCc2cc(OC(F)(F)F)ccc2F)CC1. The molecule has 140 valence electrons. The number of carbonyl (C=O) groups excluding carboxylic acids is 1. The number of carbonyl (C=O) groups is 1. The number of rotatable bonds is 5. The van der Waals surface area contributed by atoms with Crippen molar-refractivity contribution in [3.05, 3.63) is 65.0 Å². The van der Waals surface area contributed by atoms with Crippen LogP contribution in [0, 0.1) is 17.1 Å². The van der Waals surface area contributed by atoms with E-state index in [-0.39, 0.29) is 12.1 Å².